The van der Waals surface area contributed by atoms with E-state index in [-0.39, 0.29) is 0 Å². The lowest BCUT2D eigenvalue weighted by Gasteiger charge is -2.36. The van der Waals surface area contributed by atoms with Gasteiger partial charge in [-0.25, -0.2) is 4.99 Å². The van der Waals surface area contributed by atoms with Gasteiger partial charge >= 0.3 is 0 Å². The van der Waals surface area contributed by atoms with E-state index in [0.29, 0.717) is 12.6 Å². The average Bonchev–Trinajstić information content (AvgIpc) is 3.47. The second-order valence-corrected chi connectivity index (χ2v) is 9.09. The van der Waals surface area contributed by atoms with Gasteiger partial charge in [-0.15, -0.1) is 21.5 Å². The van der Waals surface area contributed by atoms with Gasteiger partial charge in [0.15, 0.2) is 11.8 Å². The van der Waals surface area contributed by atoms with Crippen molar-refractivity contribution in [2.24, 2.45) is 10.9 Å². The Morgan fingerprint density at radius 2 is 2.14 bits per heavy atom. The number of nitrogens with one attached hydrogen (secondary N) is 2. The molecule has 0 amide bonds. The summed E-state index contributed by atoms with van der Waals surface area (Å²) in [5, 5.41) is 17.8. The Morgan fingerprint density at radius 3 is 2.90 bits per heavy atom. The molecule has 0 aromatic carbocycles. The molecule has 2 aliphatic heterocycles. The first-order valence-electron chi connectivity index (χ1n) is 10.9. The van der Waals surface area contributed by atoms with Crippen LogP contribution in [-0.2, 0) is 19.5 Å². The SMILES string of the molecule is CCNC(=NCc1nnc2n1CCC2)NCC(c1cccs1)N1CCC(C)CC1. The molecule has 8 heteroatoms. The fraction of sp³-hybridized carbons (Fsp3) is 0.667. The highest BCUT2D eigenvalue weighted by atomic mass is 32.1. The number of guanidine groups is 1. The standard InChI is InChI=1S/C21H33N7S/c1-3-22-21(24-15-20-26-25-19-7-4-10-28(19)20)23-14-17(18-6-5-13-29-18)27-11-8-16(2)9-12-27/h5-6,13,16-17H,3-4,7-12,14-15H2,1-2H3,(H2,22,23,24). The van der Waals surface area contributed by atoms with Crippen LogP contribution in [-0.4, -0.2) is 51.8 Å². The van der Waals surface area contributed by atoms with E-state index < -0.39 is 0 Å². The van der Waals surface area contributed by atoms with Crippen LogP contribution in [0.2, 0.25) is 0 Å². The zero-order valence-electron chi connectivity index (χ0n) is 17.6. The van der Waals surface area contributed by atoms with E-state index in [1.165, 1.54) is 30.8 Å². The number of nitrogens with zero attached hydrogens (tertiary/aromatic N) is 5. The molecule has 2 aromatic heterocycles. The van der Waals surface area contributed by atoms with Crippen molar-refractivity contribution in [3.63, 3.8) is 0 Å². The van der Waals surface area contributed by atoms with E-state index in [2.05, 4.69) is 61.7 Å². The van der Waals surface area contributed by atoms with Crippen LogP contribution in [0.25, 0.3) is 0 Å². The zero-order valence-corrected chi connectivity index (χ0v) is 18.4. The molecule has 4 rings (SSSR count). The van der Waals surface area contributed by atoms with E-state index in [9.17, 15) is 0 Å². The van der Waals surface area contributed by atoms with Crippen molar-refractivity contribution in [2.75, 3.05) is 26.2 Å². The highest BCUT2D eigenvalue weighted by Gasteiger charge is 2.25. The third kappa shape index (κ3) is 4.98. The Labute approximate surface area is 177 Å². The topological polar surface area (TPSA) is 70.4 Å². The van der Waals surface area contributed by atoms with Gasteiger partial charge in [0.05, 0.1) is 6.04 Å². The largest absolute Gasteiger partial charge is 0.357 e. The Morgan fingerprint density at radius 1 is 1.28 bits per heavy atom. The molecule has 1 fully saturated rings. The van der Waals surface area contributed by atoms with Crippen LogP contribution in [0.3, 0.4) is 0 Å². The van der Waals surface area contributed by atoms with E-state index in [4.69, 9.17) is 4.99 Å². The first-order valence-corrected chi connectivity index (χ1v) is 11.8. The van der Waals surface area contributed by atoms with Gasteiger partial charge in [-0.2, -0.15) is 0 Å². The second-order valence-electron chi connectivity index (χ2n) is 8.11. The van der Waals surface area contributed by atoms with Crippen molar-refractivity contribution in [1.82, 2.24) is 30.3 Å². The Kier molecular flexibility index (Phi) is 6.82. The summed E-state index contributed by atoms with van der Waals surface area (Å²) in [5.74, 6) is 3.77. The highest BCUT2D eigenvalue weighted by molar-refractivity contribution is 7.10. The van der Waals surface area contributed by atoms with Gasteiger partial charge in [-0.3, -0.25) is 4.90 Å². The summed E-state index contributed by atoms with van der Waals surface area (Å²) in [6.45, 7) is 10.1. The Balaban J connectivity index is 1.42. The number of aryl methyl sites for hydroxylation is 1. The minimum atomic E-state index is 0.392. The molecule has 4 heterocycles. The Bertz CT molecular complexity index is 790. The summed E-state index contributed by atoms with van der Waals surface area (Å²) >= 11 is 1.85. The molecule has 29 heavy (non-hydrogen) atoms. The lowest BCUT2D eigenvalue weighted by atomic mass is 9.97. The fourth-order valence-electron chi connectivity index (χ4n) is 4.24. The number of aliphatic imine (C=N–C) groups is 1. The van der Waals surface area contributed by atoms with E-state index in [1.54, 1.807) is 0 Å². The molecule has 7 nitrogen and oxygen atoms in total. The number of hydrogen-bond donors (Lipinski definition) is 2. The van der Waals surface area contributed by atoms with Crippen molar-refractivity contribution in [3.8, 4) is 0 Å². The maximum Gasteiger partial charge on any atom is 0.191 e. The van der Waals surface area contributed by atoms with Crippen molar-refractivity contribution in [3.05, 3.63) is 34.0 Å². The van der Waals surface area contributed by atoms with Crippen LogP contribution in [0.5, 0.6) is 0 Å². The number of aromatic nitrogens is 3. The van der Waals surface area contributed by atoms with Crippen LogP contribution in [0, 0.1) is 5.92 Å². The number of rotatable bonds is 7. The molecule has 158 valence electrons. The van der Waals surface area contributed by atoms with E-state index in [1.807, 2.05) is 11.3 Å². The summed E-state index contributed by atoms with van der Waals surface area (Å²) in [5.41, 5.74) is 0. The van der Waals surface area contributed by atoms with Crippen molar-refractivity contribution >= 4 is 17.3 Å². The summed E-state index contributed by atoms with van der Waals surface area (Å²) in [4.78, 5) is 8.86. The summed E-state index contributed by atoms with van der Waals surface area (Å²) in [6.07, 6.45) is 4.77. The van der Waals surface area contributed by atoms with E-state index >= 15 is 0 Å². The van der Waals surface area contributed by atoms with Crippen molar-refractivity contribution in [1.29, 1.82) is 0 Å². The average molecular weight is 416 g/mol. The molecular formula is C21H33N7S. The van der Waals surface area contributed by atoms with Gasteiger partial charge in [-0.1, -0.05) is 13.0 Å². The monoisotopic (exact) mass is 415 g/mol. The quantitative estimate of drug-likeness (QED) is 0.538. The summed E-state index contributed by atoms with van der Waals surface area (Å²) < 4.78 is 2.22. The Hall–Kier alpha value is -1.93. The van der Waals surface area contributed by atoms with Crippen molar-refractivity contribution < 1.29 is 0 Å². The molecule has 1 saturated heterocycles. The number of likely N-dealkylation sites (tertiary alicyclic amines) is 1. The smallest absolute Gasteiger partial charge is 0.191 e. The maximum absolute atomic E-state index is 4.80. The lowest BCUT2D eigenvalue weighted by Crippen LogP contribution is -2.45. The third-order valence-corrected chi connectivity index (χ3v) is 6.98. The molecule has 1 atom stereocenters. The summed E-state index contributed by atoms with van der Waals surface area (Å²) in [7, 11) is 0. The van der Waals surface area contributed by atoms with Crippen molar-refractivity contribution in [2.45, 2.75) is 58.7 Å². The molecule has 2 aliphatic rings. The number of fused-ring (bicyclic) bond motifs is 1. The van der Waals surface area contributed by atoms with Gasteiger partial charge in [0.1, 0.15) is 12.4 Å². The zero-order chi connectivity index (χ0) is 20.1. The molecule has 2 aromatic rings. The predicted octanol–water partition coefficient (Wildman–Crippen LogP) is 2.81. The van der Waals surface area contributed by atoms with Crippen LogP contribution in [0.4, 0.5) is 0 Å². The molecule has 0 saturated carbocycles. The normalized spacial score (nSPS) is 19.3. The molecule has 2 N–H and O–H groups in total. The van der Waals surface area contributed by atoms with Gasteiger partial charge in [-0.05, 0) is 56.6 Å². The van der Waals surface area contributed by atoms with Crippen LogP contribution in [0.1, 0.15) is 55.7 Å². The second kappa shape index (κ2) is 9.71. The first-order chi connectivity index (χ1) is 14.2. The number of piperidine rings is 1. The number of hydrogen-bond acceptors (Lipinski definition) is 5. The van der Waals surface area contributed by atoms with Crippen LogP contribution < -0.4 is 10.6 Å². The molecule has 0 radical (unpaired) electrons. The van der Waals surface area contributed by atoms with Gasteiger partial charge in [0, 0.05) is 30.9 Å². The molecule has 1 unspecified atom stereocenters. The molecule has 0 aliphatic carbocycles. The first kappa shape index (κ1) is 20.3. The third-order valence-electron chi connectivity index (χ3n) is 6.00. The van der Waals surface area contributed by atoms with Crippen LogP contribution >= 0.6 is 11.3 Å². The lowest BCUT2D eigenvalue weighted by molar-refractivity contribution is 0.140. The maximum atomic E-state index is 4.80. The predicted molar refractivity (Wildman–Crippen MR) is 118 cm³/mol. The molecule has 0 bridgehead atoms. The molecular weight excluding hydrogens is 382 g/mol. The van der Waals surface area contributed by atoms with Gasteiger partial charge < -0.3 is 15.2 Å². The van der Waals surface area contributed by atoms with Crippen LogP contribution in [0.15, 0.2) is 22.5 Å². The van der Waals surface area contributed by atoms with Gasteiger partial charge in [0.2, 0.25) is 0 Å². The fourth-order valence-corrected chi connectivity index (χ4v) is 5.10. The molecule has 0 spiro atoms. The highest BCUT2D eigenvalue weighted by Crippen LogP contribution is 2.29. The minimum Gasteiger partial charge on any atom is -0.357 e. The number of thiophene rings is 1. The minimum absolute atomic E-state index is 0.392. The summed E-state index contributed by atoms with van der Waals surface area (Å²) in [6, 6.07) is 4.81. The van der Waals surface area contributed by atoms with Gasteiger partial charge in [0.25, 0.3) is 0 Å². The van der Waals surface area contributed by atoms with E-state index in [0.717, 1.165) is 56.0 Å².